The number of hydrogen-bond donors (Lipinski definition) is 1. The van der Waals surface area contributed by atoms with E-state index in [1.165, 1.54) is 23.1 Å². The highest BCUT2D eigenvalue weighted by molar-refractivity contribution is 7.90. The lowest BCUT2D eigenvalue weighted by atomic mass is 10.1. The average Bonchev–Trinajstić information content (AvgIpc) is 2.79. The predicted molar refractivity (Wildman–Crippen MR) is 88.2 cm³/mol. The van der Waals surface area contributed by atoms with Crippen LogP contribution >= 0.6 is 0 Å². The summed E-state index contributed by atoms with van der Waals surface area (Å²) < 4.78 is 30.9. The summed E-state index contributed by atoms with van der Waals surface area (Å²) in [5.74, 6) is -2.30. The molecule has 0 spiro atoms. The highest BCUT2D eigenvalue weighted by Crippen LogP contribution is 2.31. The molecule has 0 aliphatic carbocycles. The average molecular weight is 382 g/mol. The summed E-state index contributed by atoms with van der Waals surface area (Å²) in [6.07, 6.45) is -1.61. The monoisotopic (exact) mass is 382 g/mol. The molecule has 2 aliphatic rings. The largest absolute Gasteiger partial charge is 0.479 e. The van der Waals surface area contributed by atoms with E-state index in [1.54, 1.807) is 13.8 Å². The third-order valence-corrected chi connectivity index (χ3v) is 6.26. The summed E-state index contributed by atoms with van der Waals surface area (Å²) in [7, 11) is -3.97. The molecule has 2 aliphatic heterocycles. The summed E-state index contributed by atoms with van der Waals surface area (Å²) in [5, 5.41) is 9.12. The van der Waals surface area contributed by atoms with Gasteiger partial charge in [0.15, 0.2) is 6.10 Å². The molecule has 10 heteroatoms. The fourth-order valence-corrected chi connectivity index (χ4v) is 4.76. The number of rotatable bonds is 3. The van der Waals surface area contributed by atoms with E-state index in [1.807, 2.05) is 0 Å². The lowest BCUT2D eigenvalue weighted by molar-refractivity contribution is -0.160. The van der Waals surface area contributed by atoms with E-state index in [4.69, 9.17) is 9.84 Å². The highest BCUT2D eigenvalue weighted by atomic mass is 32.2. The molecule has 1 aromatic rings. The van der Waals surface area contributed by atoms with Crippen molar-refractivity contribution in [2.75, 3.05) is 19.6 Å². The molecule has 1 saturated heterocycles. The maximum atomic E-state index is 12.7. The van der Waals surface area contributed by atoms with Crippen molar-refractivity contribution in [1.82, 2.24) is 9.21 Å². The number of sulfonamides is 1. The summed E-state index contributed by atoms with van der Waals surface area (Å²) in [6, 6.07) is 3.87. The van der Waals surface area contributed by atoms with Gasteiger partial charge in [0, 0.05) is 18.7 Å². The number of nitrogens with zero attached hydrogens (tertiary/aromatic N) is 2. The molecule has 1 fully saturated rings. The van der Waals surface area contributed by atoms with E-state index in [0.29, 0.717) is 0 Å². The highest BCUT2D eigenvalue weighted by Gasteiger charge is 2.41. The lowest BCUT2D eigenvalue weighted by Gasteiger charge is -2.35. The molecule has 9 nitrogen and oxygen atoms in total. The Bertz CT molecular complexity index is 896. The second-order valence-corrected chi connectivity index (χ2v) is 8.00. The van der Waals surface area contributed by atoms with Crippen LogP contribution in [0.5, 0.6) is 0 Å². The predicted octanol–water partition coefficient (Wildman–Crippen LogP) is 0.165. The van der Waals surface area contributed by atoms with Gasteiger partial charge < -0.3 is 14.7 Å². The van der Waals surface area contributed by atoms with Crippen molar-refractivity contribution in [3.8, 4) is 0 Å². The molecule has 0 saturated carbocycles. The SMILES string of the molecule is CCN1C(=O)c2ccc(C(=O)N3CC(C(=O)O)O[C@H](C)C3)cc2S1(=O)=O. The van der Waals surface area contributed by atoms with Crippen LogP contribution in [0.2, 0.25) is 0 Å². The van der Waals surface area contributed by atoms with Gasteiger partial charge in [-0.25, -0.2) is 17.5 Å². The van der Waals surface area contributed by atoms with E-state index < -0.39 is 40.0 Å². The molecule has 0 bridgehead atoms. The summed E-state index contributed by atoms with van der Waals surface area (Å²) in [4.78, 5) is 37.2. The second-order valence-electron chi connectivity index (χ2n) is 6.17. The number of morpholine rings is 1. The number of carbonyl (C=O) groups excluding carboxylic acids is 2. The molecule has 2 atom stereocenters. The van der Waals surface area contributed by atoms with E-state index in [9.17, 15) is 22.8 Å². The summed E-state index contributed by atoms with van der Waals surface area (Å²) in [5.41, 5.74) is 0.110. The van der Waals surface area contributed by atoms with Crippen LogP contribution in [0, 0.1) is 0 Å². The fourth-order valence-electron chi connectivity index (χ4n) is 3.16. The minimum absolute atomic E-state index is 0.000393. The van der Waals surface area contributed by atoms with Crippen LogP contribution in [0.25, 0.3) is 0 Å². The molecule has 26 heavy (non-hydrogen) atoms. The molecular weight excluding hydrogens is 364 g/mol. The normalized spacial score (nSPS) is 24.5. The van der Waals surface area contributed by atoms with Gasteiger partial charge in [-0.3, -0.25) is 9.59 Å². The van der Waals surface area contributed by atoms with E-state index in [2.05, 4.69) is 0 Å². The third-order valence-electron chi connectivity index (χ3n) is 4.36. The van der Waals surface area contributed by atoms with Gasteiger partial charge in [0.2, 0.25) is 0 Å². The first kappa shape index (κ1) is 18.3. The van der Waals surface area contributed by atoms with Crippen LogP contribution in [0.1, 0.15) is 34.6 Å². The van der Waals surface area contributed by atoms with Crippen LogP contribution < -0.4 is 0 Å². The van der Waals surface area contributed by atoms with Crippen LogP contribution in [0.4, 0.5) is 0 Å². The van der Waals surface area contributed by atoms with Crippen molar-refractivity contribution in [3.05, 3.63) is 29.3 Å². The minimum Gasteiger partial charge on any atom is -0.479 e. The van der Waals surface area contributed by atoms with Gasteiger partial charge in [-0.2, -0.15) is 0 Å². The van der Waals surface area contributed by atoms with Crippen molar-refractivity contribution in [3.63, 3.8) is 0 Å². The first-order chi connectivity index (χ1) is 12.2. The van der Waals surface area contributed by atoms with Crippen LogP contribution in [-0.4, -0.2) is 72.4 Å². The third kappa shape index (κ3) is 2.84. The van der Waals surface area contributed by atoms with Gasteiger partial charge in [-0.05, 0) is 32.0 Å². The van der Waals surface area contributed by atoms with Gasteiger partial charge in [0.25, 0.3) is 21.8 Å². The number of benzene rings is 1. The van der Waals surface area contributed by atoms with Crippen molar-refractivity contribution < 1.29 is 32.6 Å². The maximum Gasteiger partial charge on any atom is 0.334 e. The Morgan fingerprint density at radius 2 is 2.00 bits per heavy atom. The molecule has 2 heterocycles. The van der Waals surface area contributed by atoms with Gasteiger partial charge in [-0.1, -0.05) is 0 Å². The van der Waals surface area contributed by atoms with Crippen molar-refractivity contribution in [2.24, 2.45) is 0 Å². The number of carboxylic acid groups (broad SMARTS) is 1. The van der Waals surface area contributed by atoms with Crippen molar-refractivity contribution in [2.45, 2.75) is 31.0 Å². The van der Waals surface area contributed by atoms with Crippen LogP contribution in [0.15, 0.2) is 23.1 Å². The van der Waals surface area contributed by atoms with Crippen molar-refractivity contribution in [1.29, 1.82) is 0 Å². The van der Waals surface area contributed by atoms with E-state index in [-0.39, 0.29) is 35.7 Å². The standard InChI is InChI=1S/C16H18N2O7S/c1-3-18-15(20)11-5-4-10(6-13(11)26(18,23)24)14(19)17-7-9(2)25-12(8-17)16(21)22/h4-6,9,12H,3,7-8H2,1-2H3,(H,21,22)/t9-,12?/m1/s1. The number of aliphatic carboxylic acids is 1. The number of hydrogen-bond acceptors (Lipinski definition) is 6. The van der Waals surface area contributed by atoms with Crippen molar-refractivity contribution >= 4 is 27.8 Å². The Morgan fingerprint density at radius 1 is 1.31 bits per heavy atom. The molecule has 3 rings (SSSR count). The summed E-state index contributed by atoms with van der Waals surface area (Å²) >= 11 is 0. The first-order valence-electron chi connectivity index (χ1n) is 8.05. The fraction of sp³-hybridized carbons (Fsp3) is 0.438. The molecule has 1 aromatic carbocycles. The zero-order valence-corrected chi connectivity index (χ0v) is 15.0. The van der Waals surface area contributed by atoms with Crippen LogP contribution in [0.3, 0.4) is 0 Å². The smallest absolute Gasteiger partial charge is 0.334 e. The van der Waals surface area contributed by atoms with E-state index in [0.717, 1.165) is 4.31 Å². The Morgan fingerprint density at radius 3 is 2.62 bits per heavy atom. The topological polar surface area (TPSA) is 121 Å². The van der Waals surface area contributed by atoms with E-state index >= 15 is 0 Å². The van der Waals surface area contributed by atoms with Gasteiger partial charge in [-0.15, -0.1) is 0 Å². The first-order valence-corrected chi connectivity index (χ1v) is 9.49. The zero-order valence-electron chi connectivity index (χ0n) is 14.2. The minimum atomic E-state index is -3.97. The summed E-state index contributed by atoms with van der Waals surface area (Å²) in [6.45, 7) is 3.25. The Kier molecular flexibility index (Phi) is 4.49. The zero-order chi connectivity index (χ0) is 19.2. The molecule has 1 N–H and O–H groups in total. The quantitative estimate of drug-likeness (QED) is 0.790. The number of ether oxygens (including phenoxy) is 1. The Hall–Kier alpha value is -2.46. The molecule has 140 valence electrons. The second kappa shape index (κ2) is 6.36. The number of amides is 2. The molecule has 1 unspecified atom stereocenters. The van der Waals surface area contributed by atoms with Gasteiger partial charge in [0.05, 0.1) is 18.2 Å². The molecule has 0 radical (unpaired) electrons. The van der Waals surface area contributed by atoms with Gasteiger partial charge >= 0.3 is 5.97 Å². The lowest BCUT2D eigenvalue weighted by Crippen LogP contribution is -2.51. The molecular formula is C16H18N2O7S. The van der Waals surface area contributed by atoms with Crippen LogP contribution in [-0.2, 0) is 19.6 Å². The number of carbonyl (C=O) groups is 3. The van der Waals surface area contributed by atoms with Gasteiger partial charge in [0.1, 0.15) is 4.90 Å². The Labute approximate surface area is 150 Å². The Balaban J connectivity index is 1.94. The number of carboxylic acids is 1. The number of fused-ring (bicyclic) bond motifs is 1. The molecule has 2 amide bonds. The molecule has 0 aromatic heterocycles. The maximum absolute atomic E-state index is 12.7.